The molecular formula is C14H20N4OS. The Hall–Kier alpha value is -1.53. The van der Waals surface area contributed by atoms with E-state index in [2.05, 4.69) is 27.6 Å². The lowest BCUT2D eigenvalue weighted by Gasteiger charge is -2.15. The van der Waals surface area contributed by atoms with Crippen LogP contribution in [0.15, 0.2) is 40.3 Å². The van der Waals surface area contributed by atoms with Gasteiger partial charge in [0.25, 0.3) is 0 Å². The van der Waals surface area contributed by atoms with Gasteiger partial charge in [0, 0.05) is 18.3 Å². The molecule has 20 heavy (non-hydrogen) atoms. The van der Waals surface area contributed by atoms with Crippen LogP contribution in [0.4, 0.5) is 0 Å². The Kier molecular flexibility index (Phi) is 5.43. The van der Waals surface area contributed by atoms with Crippen molar-refractivity contribution in [3.8, 4) is 0 Å². The molecule has 2 aromatic rings. The molecule has 0 radical (unpaired) electrons. The number of thioether (sulfide) groups is 1. The minimum Gasteiger partial charge on any atom is -0.312 e. The summed E-state index contributed by atoms with van der Waals surface area (Å²) in [6.45, 7) is 2.75. The van der Waals surface area contributed by atoms with Crippen LogP contribution in [-0.4, -0.2) is 27.6 Å². The van der Waals surface area contributed by atoms with Crippen LogP contribution in [0.25, 0.3) is 0 Å². The summed E-state index contributed by atoms with van der Waals surface area (Å²) in [6, 6.07) is 10.5. The van der Waals surface area contributed by atoms with Crippen LogP contribution in [0.2, 0.25) is 0 Å². The van der Waals surface area contributed by atoms with Crippen molar-refractivity contribution in [2.24, 2.45) is 0 Å². The van der Waals surface area contributed by atoms with Crippen molar-refractivity contribution in [3.63, 3.8) is 0 Å². The van der Waals surface area contributed by atoms with E-state index in [1.807, 2.05) is 32.2 Å². The van der Waals surface area contributed by atoms with Crippen LogP contribution in [0, 0.1) is 0 Å². The molecule has 1 aromatic heterocycles. The van der Waals surface area contributed by atoms with Crippen LogP contribution < -0.4 is 11.0 Å². The Labute approximate surface area is 122 Å². The maximum absolute atomic E-state index is 11.6. The van der Waals surface area contributed by atoms with Crippen LogP contribution in [-0.2, 0) is 6.54 Å². The van der Waals surface area contributed by atoms with Gasteiger partial charge >= 0.3 is 5.69 Å². The summed E-state index contributed by atoms with van der Waals surface area (Å²) in [6.07, 6.45) is 0.918. The summed E-state index contributed by atoms with van der Waals surface area (Å²) >= 11 is 1.59. The zero-order valence-corrected chi connectivity index (χ0v) is 12.6. The molecule has 0 spiro atoms. The number of nitrogens with zero attached hydrogens (tertiary/aromatic N) is 2. The number of aromatic nitrogens is 3. The SMILES string of the molecule is CCCn1c(SCC(NC)c2ccccc2)n[nH]c1=O. The van der Waals surface area contributed by atoms with E-state index in [1.165, 1.54) is 5.56 Å². The highest BCUT2D eigenvalue weighted by molar-refractivity contribution is 7.99. The van der Waals surface area contributed by atoms with Crippen LogP contribution in [0.1, 0.15) is 24.9 Å². The van der Waals surface area contributed by atoms with Crippen molar-refractivity contribution in [2.45, 2.75) is 31.1 Å². The van der Waals surface area contributed by atoms with Crippen molar-refractivity contribution in [2.75, 3.05) is 12.8 Å². The molecule has 0 bridgehead atoms. The first kappa shape index (κ1) is 14.9. The van der Waals surface area contributed by atoms with Crippen LogP contribution in [0.3, 0.4) is 0 Å². The third-order valence-corrected chi connectivity index (χ3v) is 4.17. The standard InChI is InChI=1S/C14H20N4OS/c1-3-9-18-13(19)16-17-14(18)20-10-12(15-2)11-7-5-4-6-8-11/h4-8,12,15H,3,9-10H2,1-2H3,(H,16,19). The first-order chi connectivity index (χ1) is 9.76. The fourth-order valence-electron chi connectivity index (χ4n) is 2.02. The summed E-state index contributed by atoms with van der Waals surface area (Å²) in [5.74, 6) is 0.828. The molecule has 2 N–H and O–H groups in total. The Morgan fingerprint density at radius 2 is 2.15 bits per heavy atom. The van der Waals surface area contributed by atoms with Gasteiger partial charge in [-0.3, -0.25) is 4.57 Å². The van der Waals surface area contributed by atoms with E-state index < -0.39 is 0 Å². The van der Waals surface area contributed by atoms with E-state index in [0.717, 1.165) is 17.3 Å². The molecule has 0 fully saturated rings. The molecule has 108 valence electrons. The summed E-state index contributed by atoms with van der Waals surface area (Å²) < 4.78 is 1.70. The quantitative estimate of drug-likeness (QED) is 0.767. The number of nitrogens with one attached hydrogen (secondary N) is 2. The average molecular weight is 292 g/mol. The van der Waals surface area contributed by atoms with Crippen molar-refractivity contribution >= 4 is 11.8 Å². The molecule has 0 aliphatic heterocycles. The van der Waals surface area contributed by atoms with Gasteiger partial charge in [-0.2, -0.15) is 0 Å². The fourth-order valence-corrected chi connectivity index (χ4v) is 3.14. The number of hydrogen-bond acceptors (Lipinski definition) is 4. The Morgan fingerprint density at radius 3 is 2.80 bits per heavy atom. The highest BCUT2D eigenvalue weighted by Crippen LogP contribution is 2.22. The summed E-state index contributed by atoms with van der Waals surface area (Å²) in [5.41, 5.74) is 1.11. The number of hydrogen-bond donors (Lipinski definition) is 2. The molecule has 2 rings (SSSR count). The molecule has 1 unspecified atom stereocenters. The van der Waals surface area contributed by atoms with Gasteiger partial charge in [-0.25, -0.2) is 9.89 Å². The van der Waals surface area contributed by atoms with Gasteiger partial charge in [-0.05, 0) is 19.0 Å². The molecular weight excluding hydrogens is 272 g/mol. The molecule has 0 saturated carbocycles. The van der Waals surface area contributed by atoms with Crippen molar-refractivity contribution < 1.29 is 0 Å². The molecule has 1 heterocycles. The zero-order chi connectivity index (χ0) is 14.4. The highest BCUT2D eigenvalue weighted by atomic mass is 32.2. The van der Waals surface area contributed by atoms with Crippen molar-refractivity contribution in [1.82, 2.24) is 20.1 Å². The van der Waals surface area contributed by atoms with Gasteiger partial charge in [0.15, 0.2) is 5.16 Å². The van der Waals surface area contributed by atoms with Gasteiger partial charge in [0.1, 0.15) is 0 Å². The topological polar surface area (TPSA) is 62.7 Å². The fraction of sp³-hybridized carbons (Fsp3) is 0.429. The highest BCUT2D eigenvalue weighted by Gasteiger charge is 2.13. The van der Waals surface area contributed by atoms with Crippen molar-refractivity contribution in [3.05, 3.63) is 46.4 Å². The second-order valence-electron chi connectivity index (χ2n) is 4.53. The molecule has 0 aliphatic rings. The largest absolute Gasteiger partial charge is 0.343 e. The van der Waals surface area contributed by atoms with E-state index in [-0.39, 0.29) is 11.7 Å². The third kappa shape index (κ3) is 3.52. The molecule has 1 aromatic carbocycles. The molecule has 0 saturated heterocycles. The lowest BCUT2D eigenvalue weighted by molar-refractivity contribution is 0.601. The summed E-state index contributed by atoms with van der Waals surface area (Å²) in [5, 5.41) is 10.7. The smallest absolute Gasteiger partial charge is 0.312 e. The normalized spacial score (nSPS) is 12.5. The molecule has 0 aliphatic carbocycles. The molecule has 6 heteroatoms. The van der Waals surface area contributed by atoms with E-state index in [1.54, 1.807) is 16.3 Å². The lowest BCUT2D eigenvalue weighted by atomic mass is 10.1. The maximum atomic E-state index is 11.6. The monoisotopic (exact) mass is 292 g/mol. The van der Waals surface area contributed by atoms with Crippen LogP contribution >= 0.6 is 11.8 Å². The van der Waals surface area contributed by atoms with E-state index in [9.17, 15) is 4.79 Å². The molecule has 5 nitrogen and oxygen atoms in total. The number of benzene rings is 1. The molecule has 1 atom stereocenters. The van der Waals surface area contributed by atoms with Crippen molar-refractivity contribution in [1.29, 1.82) is 0 Å². The minimum absolute atomic E-state index is 0.130. The van der Waals surface area contributed by atoms with E-state index in [0.29, 0.717) is 6.54 Å². The van der Waals surface area contributed by atoms with E-state index >= 15 is 0 Å². The van der Waals surface area contributed by atoms with Gasteiger partial charge in [0.05, 0.1) is 0 Å². The lowest BCUT2D eigenvalue weighted by Crippen LogP contribution is -2.20. The first-order valence-electron chi connectivity index (χ1n) is 6.76. The third-order valence-electron chi connectivity index (χ3n) is 3.10. The number of rotatable bonds is 7. The molecule has 0 amide bonds. The van der Waals surface area contributed by atoms with E-state index in [4.69, 9.17) is 0 Å². The second kappa shape index (κ2) is 7.31. The first-order valence-corrected chi connectivity index (χ1v) is 7.75. The van der Waals surface area contributed by atoms with Gasteiger partial charge in [-0.1, -0.05) is 49.0 Å². The van der Waals surface area contributed by atoms with Gasteiger partial charge in [-0.15, -0.1) is 5.10 Å². The van der Waals surface area contributed by atoms with Gasteiger partial charge in [0.2, 0.25) is 0 Å². The average Bonchev–Trinajstić information content (AvgIpc) is 2.82. The van der Waals surface area contributed by atoms with Gasteiger partial charge < -0.3 is 5.32 Å². The predicted octanol–water partition coefficient (Wildman–Crippen LogP) is 2.03. The zero-order valence-electron chi connectivity index (χ0n) is 11.8. The maximum Gasteiger partial charge on any atom is 0.343 e. The Bertz CT molecular complexity index is 578. The summed E-state index contributed by atoms with van der Waals surface area (Å²) in [4.78, 5) is 11.6. The minimum atomic E-state index is -0.130. The predicted molar refractivity (Wildman–Crippen MR) is 82.1 cm³/mol. The Balaban J connectivity index is 2.06. The van der Waals surface area contributed by atoms with Crippen LogP contribution in [0.5, 0.6) is 0 Å². The summed E-state index contributed by atoms with van der Waals surface area (Å²) in [7, 11) is 1.95. The number of H-pyrrole nitrogens is 1. The number of aromatic amines is 1. The second-order valence-corrected chi connectivity index (χ2v) is 5.51. The Morgan fingerprint density at radius 1 is 1.40 bits per heavy atom.